The number of hydrogen-bond donors (Lipinski definition) is 0. The molecule has 0 bridgehead atoms. The van der Waals surface area contributed by atoms with E-state index in [1.165, 1.54) is 5.56 Å². The molecule has 3 nitrogen and oxygen atoms in total. The second-order valence-electron chi connectivity index (χ2n) is 4.44. The van der Waals surface area contributed by atoms with Gasteiger partial charge in [0.2, 0.25) is 0 Å². The summed E-state index contributed by atoms with van der Waals surface area (Å²) in [5, 5.41) is 6.59. The molecule has 1 aliphatic rings. The van der Waals surface area contributed by atoms with E-state index in [1.807, 2.05) is 24.4 Å². The molecule has 1 aromatic rings. The van der Waals surface area contributed by atoms with E-state index in [0.717, 1.165) is 30.7 Å². The van der Waals surface area contributed by atoms with E-state index in [9.17, 15) is 0 Å². The van der Waals surface area contributed by atoms with Crippen molar-refractivity contribution in [3.05, 3.63) is 40.4 Å². The van der Waals surface area contributed by atoms with Crippen LogP contribution >= 0.6 is 15.9 Å². The van der Waals surface area contributed by atoms with Crippen molar-refractivity contribution < 1.29 is 0 Å². The van der Waals surface area contributed by atoms with Gasteiger partial charge in [-0.2, -0.15) is 5.10 Å². The number of allylic oxidation sites excluding steroid dienone is 1. The summed E-state index contributed by atoms with van der Waals surface area (Å²) in [4.78, 5) is 2.32. The van der Waals surface area contributed by atoms with Crippen LogP contribution in [-0.4, -0.2) is 49.4 Å². The predicted molar refractivity (Wildman–Crippen MR) is 80.9 cm³/mol. The van der Waals surface area contributed by atoms with Gasteiger partial charge < -0.3 is 4.90 Å². The third kappa shape index (κ3) is 4.27. The molecule has 0 N–H and O–H groups in total. The van der Waals surface area contributed by atoms with Crippen LogP contribution in [0.15, 0.2) is 39.9 Å². The van der Waals surface area contributed by atoms with Crippen LogP contribution in [0.2, 0.25) is 0 Å². The second kappa shape index (κ2) is 6.71. The molecule has 2 rings (SSSR count). The quantitative estimate of drug-likeness (QED) is 0.800. The maximum absolute atomic E-state index is 4.48. The average molecular weight is 308 g/mol. The van der Waals surface area contributed by atoms with E-state index in [0.29, 0.717) is 0 Å². The standard InChI is InChI=1S/C14H18BrN3/c1-17-7-9-18(10-8-17)16-12-14(15)11-13-5-3-2-4-6-13/h2-6,11-12H,7-10H2,1H3. The molecule has 0 aromatic heterocycles. The Morgan fingerprint density at radius 3 is 2.50 bits per heavy atom. The Labute approximate surface area is 117 Å². The number of piperazine rings is 1. The summed E-state index contributed by atoms with van der Waals surface area (Å²) in [6, 6.07) is 10.2. The molecule has 0 spiro atoms. The maximum Gasteiger partial charge on any atom is 0.0612 e. The van der Waals surface area contributed by atoms with Crippen molar-refractivity contribution in [3.63, 3.8) is 0 Å². The Bertz CT molecular complexity index is 420. The van der Waals surface area contributed by atoms with Crippen molar-refractivity contribution >= 4 is 28.2 Å². The molecule has 0 radical (unpaired) electrons. The van der Waals surface area contributed by atoms with Crippen LogP contribution in [0.1, 0.15) is 5.56 Å². The van der Waals surface area contributed by atoms with Crippen LogP contribution in [0.3, 0.4) is 0 Å². The first-order valence-corrected chi connectivity index (χ1v) is 6.93. The lowest BCUT2D eigenvalue weighted by molar-refractivity contribution is 0.159. The van der Waals surface area contributed by atoms with Gasteiger partial charge in [-0.25, -0.2) is 0 Å². The highest BCUT2D eigenvalue weighted by atomic mass is 79.9. The maximum atomic E-state index is 4.48. The summed E-state index contributed by atoms with van der Waals surface area (Å²) < 4.78 is 0.993. The number of rotatable bonds is 3. The fourth-order valence-corrected chi connectivity index (χ4v) is 2.15. The van der Waals surface area contributed by atoms with Crippen molar-refractivity contribution in [1.82, 2.24) is 9.91 Å². The van der Waals surface area contributed by atoms with Gasteiger partial charge in [0.1, 0.15) is 0 Å². The number of likely N-dealkylation sites (N-methyl/N-ethyl adjacent to an activating group) is 1. The topological polar surface area (TPSA) is 18.8 Å². The number of halogens is 1. The monoisotopic (exact) mass is 307 g/mol. The molecule has 96 valence electrons. The second-order valence-corrected chi connectivity index (χ2v) is 5.36. The van der Waals surface area contributed by atoms with E-state index in [4.69, 9.17) is 0 Å². The fourth-order valence-electron chi connectivity index (χ4n) is 1.79. The Morgan fingerprint density at radius 2 is 1.83 bits per heavy atom. The first-order chi connectivity index (χ1) is 8.74. The SMILES string of the molecule is CN1CCN(N=CC(Br)=Cc2ccccc2)CC1. The number of benzene rings is 1. The molecular formula is C14H18BrN3. The van der Waals surface area contributed by atoms with E-state index < -0.39 is 0 Å². The van der Waals surface area contributed by atoms with E-state index in [1.54, 1.807) is 0 Å². The zero-order valence-electron chi connectivity index (χ0n) is 10.6. The van der Waals surface area contributed by atoms with E-state index in [-0.39, 0.29) is 0 Å². The summed E-state index contributed by atoms with van der Waals surface area (Å²) in [7, 11) is 2.15. The Kier molecular flexibility index (Phi) is 4.96. The van der Waals surface area contributed by atoms with Crippen molar-refractivity contribution in [2.75, 3.05) is 33.2 Å². The molecule has 18 heavy (non-hydrogen) atoms. The Hall–Kier alpha value is -1.13. The lowest BCUT2D eigenvalue weighted by Gasteiger charge is -2.30. The van der Waals surface area contributed by atoms with Gasteiger partial charge in [0.25, 0.3) is 0 Å². The normalized spacial score (nSPS) is 18.6. The molecular weight excluding hydrogens is 290 g/mol. The van der Waals surface area contributed by atoms with Crippen molar-refractivity contribution in [2.24, 2.45) is 5.10 Å². The molecule has 0 saturated carbocycles. The third-order valence-corrected chi connectivity index (χ3v) is 3.36. The molecule has 1 heterocycles. The highest BCUT2D eigenvalue weighted by Gasteiger charge is 2.10. The zero-order chi connectivity index (χ0) is 12.8. The van der Waals surface area contributed by atoms with Gasteiger partial charge >= 0.3 is 0 Å². The molecule has 1 fully saturated rings. The van der Waals surface area contributed by atoms with Gasteiger partial charge in [-0.05, 0) is 34.6 Å². The minimum atomic E-state index is 0.993. The lowest BCUT2D eigenvalue weighted by atomic mass is 10.2. The van der Waals surface area contributed by atoms with Gasteiger partial charge in [0, 0.05) is 30.7 Å². The number of hydrogen-bond acceptors (Lipinski definition) is 3. The minimum absolute atomic E-state index is 0.993. The van der Waals surface area contributed by atoms with Crippen molar-refractivity contribution in [3.8, 4) is 0 Å². The van der Waals surface area contributed by atoms with Gasteiger partial charge in [-0.1, -0.05) is 30.3 Å². The summed E-state index contributed by atoms with van der Waals surface area (Å²) >= 11 is 3.53. The Balaban J connectivity index is 1.91. The van der Waals surface area contributed by atoms with Crippen molar-refractivity contribution in [1.29, 1.82) is 0 Å². The van der Waals surface area contributed by atoms with Crippen LogP contribution in [0.25, 0.3) is 6.08 Å². The highest BCUT2D eigenvalue weighted by Crippen LogP contribution is 2.10. The fraction of sp³-hybridized carbons (Fsp3) is 0.357. The zero-order valence-corrected chi connectivity index (χ0v) is 12.2. The summed E-state index contributed by atoms with van der Waals surface area (Å²) in [6.45, 7) is 4.16. The highest BCUT2D eigenvalue weighted by molar-refractivity contribution is 9.12. The predicted octanol–water partition coefficient (Wildman–Crippen LogP) is 2.66. The van der Waals surface area contributed by atoms with Gasteiger partial charge in [-0.15, -0.1) is 0 Å². The minimum Gasteiger partial charge on any atom is -0.303 e. The van der Waals surface area contributed by atoms with Crippen LogP contribution in [0.5, 0.6) is 0 Å². The van der Waals surface area contributed by atoms with Gasteiger partial charge in [0.15, 0.2) is 0 Å². The van der Waals surface area contributed by atoms with Crippen LogP contribution in [0.4, 0.5) is 0 Å². The summed E-state index contributed by atoms with van der Waals surface area (Å²) in [5.74, 6) is 0. The largest absolute Gasteiger partial charge is 0.303 e. The van der Waals surface area contributed by atoms with E-state index in [2.05, 4.69) is 56.2 Å². The molecule has 1 aliphatic heterocycles. The molecule has 1 saturated heterocycles. The lowest BCUT2D eigenvalue weighted by Crippen LogP contribution is -2.41. The number of hydrazone groups is 1. The van der Waals surface area contributed by atoms with Crippen LogP contribution in [-0.2, 0) is 0 Å². The van der Waals surface area contributed by atoms with E-state index >= 15 is 0 Å². The molecule has 0 unspecified atom stereocenters. The summed E-state index contributed by atoms with van der Waals surface area (Å²) in [6.07, 6.45) is 3.94. The smallest absolute Gasteiger partial charge is 0.0612 e. The summed E-state index contributed by atoms with van der Waals surface area (Å²) in [5.41, 5.74) is 1.18. The number of nitrogens with zero attached hydrogens (tertiary/aromatic N) is 3. The first kappa shape index (κ1) is 13.3. The molecule has 0 atom stereocenters. The third-order valence-electron chi connectivity index (χ3n) is 2.93. The van der Waals surface area contributed by atoms with Gasteiger partial charge in [0.05, 0.1) is 6.21 Å². The van der Waals surface area contributed by atoms with Crippen molar-refractivity contribution in [2.45, 2.75) is 0 Å². The molecule has 1 aromatic carbocycles. The first-order valence-electron chi connectivity index (χ1n) is 6.14. The Morgan fingerprint density at radius 1 is 1.17 bits per heavy atom. The molecule has 4 heteroatoms. The van der Waals surface area contributed by atoms with Gasteiger partial charge in [-0.3, -0.25) is 5.01 Å². The average Bonchev–Trinajstić information content (AvgIpc) is 2.39. The molecule has 0 amide bonds. The van der Waals surface area contributed by atoms with Crippen LogP contribution < -0.4 is 0 Å². The van der Waals surface area contributed by atoms with Crippen LogP contribution in [0, 0.1) is 0 Å². The molecule has 0 aliphatic carbocycles.